The minimum absolute atomic E-state index is 0.247. The van der Waals surface area contributed by atoms with Gasteiger partial charge in [0.25, 0.3) is 0 Å². The van der Waals surface area contributed by atoms with Crippen molar-refractivity contribution in [3.05, 3.63) is 24.3 Å². The molecule has 0 N–H and O–H groups in total. The number of methoxy groups -OCH3 is 1. The van der Waals surface area contributed by atoms with Crippen molar-refractivity contribution in [2.75, 3.05) is 38.8 Å². The number of hydrogen-bond donors (Lipinski definition) is 0. The Morgan fingerprint density at radius 2 is 2.05 bits per heavy atom. The predicted molar refractivity (Wildman–Crippen MR) is 86.2 cm³/mol. The first kappa shape index (κ1) is 16.0. The molecule has 1 atom stereocenters. The Morgan fingerprint density at radius 3 is 2.71 bits per heavy atom. The molecule has 0 unspecified atom stereocenters. The number of piperidine rings is 1. The van der Waals surface area contributed by atoms with Gasteiger partial charge in [-0.3, -0.25) is 4.79 Å². The third-order valence-corrected chi connectivity index (χ3v) is 4.22. The molecule has 1 fully saturated rings. The van der Waals surface area contributed by atoms with Gasteiger partial charge in [0, 0.05) is 19.0 Å². The molecule has 0 aliphatic carbocycles. The Labute approximate surface area is 130 Å². The Hall–Kier alpha value is -1.36. The highest BCUT2D eigenvalue weighted by atomic mass is 32.2. The number of carbonyl (C=O) groups is 1. The van der Waals surface area contributed by atoms with Crippen LogP contribution in [0.3, 0.4) is 0 Å². The first-order valence-electron chi connectivity index (χ1n) is 7.26. The Bertz CT molecular complexity index is 449. The number of thioether (sulfide) groups is 1. The van der Waals surface area contributed by atoms with Crippen LogP contribution in [0.15, 0.2) is 24.3 Å². The number of carbonyl (C=O) groups excluding carboxylic acids is 1. The highest BCUT2D eigenvalue weighted by Gasteiger charge is 2.23. The molecule has 0 bridgehead atoms. The van der Waals surface area contributed by atoms with E-state index in [2.05, 4.69) is 0 Å². The van der Waals surface area contributed by atoms with E-state index in [0.717, 1.165) is 37.4 Å². The van der Waals surface area contributed by atoms with Crippen LogP contribution >= 0.6 is 11.8 Å². The molecule has 0 aromatic heterocycles. The summed E-state index contributed by atoms with van der Waals surface area (Å²) in [5, 5.41) is 0. The third kappa shape index (κ3) is 4.84. The maximum absolute atomic E-state index is 11.9. The fraction of sp³-hybridized carbons (Fsp3) is 0.562. The van der Waals surface area contributed by atoms with Gasteiger partial charge >= 0.3 is 0 Å². The van der Waals surface area contributed by atoms with Crippen LogP contribution in [0.4, 0.5) is 0 Å². The average Bonchev–Trinajstić information content (AvgIpc) is 2.54. The summed E-state index contributed by atoms with van der Waals surface area (Å²) < 4.78 is 11.0. The largest absolute Gasteiger partial charge is 0.497 e. The van der Waals surface area contributed by atoms with Gasteiger partial charge in [0.05, 0.1) is 19.5 Å². The van der Waals surface area contributed by atoms with Crippen molar-refractivity contribution in [1.82, 2.24) is 4.90 Å². The number of benzene rings is 1. The number of nitrogens with zero attached hydrogens (tertiary/aromatic N) is 1. The molecule has 116 valence electrons. The summed E-state index contributed by atoms with van der Waals surface area (Å²) in [6, 6.07) is 7.62. The van der Waals surface area contributed by atoms with Gasteiger partial charge in [0.1, 0.15) is 11.5 Å². The van der Waals surface area contributed by atoms with E-state index in [1.54, 1.807) is 18.9 Å². The van der Waals surface area contributed by atoms with Gasteiger partial charge in [-0.25, -0.2) is 0 Å². The lowest BCUT2D eigenvalue weighted by Crippen LogP contribution is -2.42. The molecule has 0 radical (unpaired) electrons. The van der Waals surface area contributed by atoms with E-state index in [-0.39, 0.29) is 5.91 Å². The maximum Gasteiger partial charge on any atom is 0.232 e. The quantitative estimate of drug-likeness (QED) is 0.810. The zero-order chi connectivity index (χ0) is 15.1. The van der Waals surface area contributed by atoms with Crippen LogP contribution < -0.4 is 9.47 Å². The highest BCUT2D eigenvalue weighted by molar-refractivity contribution is 7.99. The van der Waals surface area contributed by atoms with Crippen molar-refractivity contribution in [1.29, 1.82) is 0 Å². The first-order chi connectivity index (χ1) is 10.2. The summed E-state index contributed by atoms with van der Waals surface area (Å²) in [6.45, 7) is 2.36. The number of hydrogen-bond acceptors (Lipinski definition) is 4. The Kier molecular flexibility index (Phi) is 6.23. The van der Waals surface area contributed by atoms with E-state index >= 15 is 0 Å². The van der Waals surface area contributed by atoms with Crippen molar-refractivity contribution < 1.29 is 14.3 Å². The van der Waals surface area contributed by atoms with Gasteiger partial charge in [-0.05, 0) is 43.4 Å². The standard InChI is InChI=1S/C16H23NO3S/c1-19-14-5-7-15(8-6-14)20-11-13-4-3-9-17(10-13)16(18)12-21-2/h5-8,13H,3-4,9-12H2,1-2H3/t13-/m0/s1. The molecule has 1 aromatic rings. The molecule has 1 aliphatic rings. The molecule has 1 aliphatic heterocycles. The summed E-state index contributed by atoms with van der Waals surface area (Å²) in [5.74, 6) is 2.92. The fourth-order valence-corrected chi connectivity index (χ4v) is 2.96. The lowest BCUT2D eigenvalue weighted by Gasteiger charge is -2.32. The van der Waals surface area contributed by atoms with Crippen molar-refractivity contribution in [3.8, 4) is 11.5 Å². The second kappa shape index (κ2) is 8.17. The Balaban J connectivity index is 1.80. The summed E-state index contributed by atoms with van der Waals surface area (Å²) in [4.78, 5) is 13.9. The summed E-state index contributed by atoms with van der Waals surface area (Å²) >= 11 is 1.58. The molecule has 1 amide bonds. The van der Waals surface area contributed by atoms with Crippen LogP contribution in [0.25, 0.3) is 0 Å². The van der Waals surface area contributed by atoms with Gasteiger partial charge < -0.3 is 14.4 Å². The van der Waals surface area contributed by atoms with Crippen LogP contribution in [0.1, 0.15) is 12.8 Å². The van der Waals surface area contributed by atoms with Crippen molar-refractivity contribution >= 4 is 17.7 Å². The van der Waals surface area contributed by atoms with Crippen molar-refractivity contribution in [3.63, 3.8) is 0 Å². The van der Waals surface area contributed by atoms with Gasteiger partial charge in [0.15, 0.2) is 0 Å². The van der Waals surface area contributed by atoms with E-state index in [1.165, 1.54) is 0 Å². The molecule has 5 heteroatoms. The lowest BCUT2D eigenvalue weighted by atomic mass is 9.99. The Morgan fingerprint density at radius 1 is 1.33 bits per heavy atom. The van der Waals surface area contributed by atoms with Crippen molar-refractivity contribution in [2.45, 2.75) is 12.8 Å². The number of ether oxygens (including phenoxy) is 2. The maximum atomic E-state index is 11.9. The second-order valence-electron chi connectivity index (χ2n) is 5.27. The van der Waals surface area contributed by atoms with E-state index < -0.39 is 0 Å². The molecular weight excluding hydrogens is 286 g/mol. The smallest absolute Gasteiger partial charge is 0.232 e. The van der Waals surface area contributed by atoms with E-state index in [1.807, 2.05) is 35.4 Å². The average molecular weight is 309 g/mol. The molecule has 1 saturated heterocycles. The first-order valence-corrected chi connectivity index (χ1v) is 8.66. The fourth-order valence-electron chi connectivity index (χ4n) is 2.53. The molecule has 2 rings (SSSR count). The zero-order valence-electron chi connectivity index (χ0n) is 12.7. The molecule has 1 aromatic carbocycles. The molecule has 21 heavy (non-hydrogen) atoms. The van der Waals surface area contributed by atoms with Crippen LogP contribution in [0.5, 0.6) is 11.5 Å². The molecule has 1 heterocycles. The van der Waals surface area contributed by atoms with Gasteiger partial charge in [-0.1, -0.05) is 0 Å². The van der Waals surface area contributed by atoms with Crippen LogP contribution in [0, 0.1) is 5.92 Å². The summed E-state index contributed by atoms with van der Waals surface area (Å²) in [6.07, 6.45) is 4.15. The number of rotatable bonds is 6. The monoisotopic (exact) mass is 309 g/mol. The summed E-state index contributed by atoms with van der Waals surface area (Å²) in [7, 11) is 1.65. The van der Waals surface area contributed by atoms with Crippen LogP contribution in [-0.4, -0.2) is 49.6 Å². The molecule has 0 spiro atoms. The number of amides is 1. The second-order valence-corrected chi connectivity index (χ2v) is 6.13. The molecule has 0 saturated carbocycles. The minimum Gasteiger partial charge on any atom is -0.497 e. The van der Waals surface area contributed by atoms with Gasteiger partial charge in [-0.15, -0.1) is 0 Å². The predicted octanol–water partition coefficient (Wildman–Crippen LogP) is 2.68. The van der Waals surface area contributed by atoms with Crippen LogP contribution in [-0.2, 0) is 4.79 Å². The van der Waals surface area contributed by atoms with E-state index in [9.17, 15) is 4.79 Å². The third-order valence-electron chi connectivity index (χ3n) is 3.68. The van der Waals surface area contributed by atoms with Gasteiger partial charge in [-0.2, -0.15) is 11.8 Å². The SMILES string of the molecule is COc1ccc(OC[C@H]2CCCN(C(=O)CSC)C2)cc1. The molecule has 4 nitrogen and oxygen atoms in total. The zero-order valence-corrected chi connectivity index (χ0v) is 13.5. The van der Waals surface area contributed by atoms with Crippen molar-refractivity contribution in [2.24, 2.45) is 5.92 Å². The van der Waals surface area contributed by atoms with Crippen LogP contribution in [0.2, 0.25) is 0 Å². The lowest BCUT2D eigenvalue weighted by molar-refractivity contribution is -0.130. The number of likely N-dealkylation sites (tertiary alicyclic amines) is 1. The normalized spacial score (nSPS) is 18.4. The highest BCUT2D eigenvalue weighted by Crippen LogP contribution is 2.21. The topological polar surface area (TPSA) is 38.8 Å². The van der Waals surface area contributed by atoms with E-state index in [4.69, 9.17) is 9.47 Å². The minimum atomic E-state index is 0.247. The summed E-state index contributed by atoms with van der Waals surface area (Å²) in [5.41, 5.74) is 0. The van der Waals surface area contributed by atoms with E-state index in [0.29, 0.717) is 18.3 Å². The molecular formula is C16H23NO3S. The van der Waals surface area contributed by atoms with Gasteiger partial charge in [0.2, 0.25) is 5.91 Å².